The molecule has 1 aromatic carbocycles. The fourth-order valence-electron chi connectivity index (χ4n) is 3.47. The predicted octanol–water partition coefficient (Wildman–Crippen LogP) is 2.90. The molecule has 0 unspecified atom stereocenters. The summed E-state index contributed by atoms with van der Waals surface area (Å²) < 4.78 is 39.0. The molecule has 0 saturated carbocycles. The molecule has 1 aliphatic rings. The van der Waals surface area contributed by atoms with Crippen LogP contribution in [0.5, 0.6) is 11.5 Å². The summed E-state index contributed by atoms with van der Waals surface area (Å²) in [5.41, 5.74) is 3.17. The minimum absolute atomic E-state index is 0.0497. The lowest BCUT2D eigenvalue weighted by atomic mass is 9.97. The third kappa shape index (κ3) is 5.04. The van der Waals surface area contributed by atoms with Crippen LogP contribution in [0.2, 0.25) is 0 Å². The standard InChI is InChI=1S/C21H25F2N5O4/c1-4-28(13(2)3)19(29)15-7-14(22)5-6-16(15)32-17-8-25-12-26-18(17)27-9-21(23,10-27)11-31-20(24)30/h5-8,12-13H,4,9-11H2,1-3H3,(H2,24,30). The van der Waals surface area contributed by atoms with Gasteiger partial charge in [0.2, 0.25) is 0 Å². The summed E-state index contributed by atoms with van der Waals surface area (Å²) in [6.07, 6.45) is 1.59. The van der Waals surface area contributed by atoms with Crippen molar-refractivity contribution in [2.24, 2.45) is 5.73 Å². The van der Waals surface area contributed by atoms with Gasteiger partial charge in [0.25, 0.3) is 5.91 Å². The lowest BCUT2D eigenvalue weighted by Gasteiger charge is -2.44. The number of rotatable bonds is 8. The van der Waals surface area contributed by atoms with E-state index >= 15 is 0 Å². The van der Waals surface area contributed by atoms with E-state index in [-0.39, 0.29) is 47.9 Å². The molecule has 1 fully saturated rings. The average molecular weight is 449 g/mol. The van der Waals surface area contributed by atoms with Crippen LogP contribution in [-0.2, 0) is 4.74 Å². The number of primary amides is 1. The van der Waals surface area contributed by atoms with Crippen LogP contribution in [0.4, 0.5) is 19.4 Å². The maximum atomic E-state index is 14.6. The summed E-state index contributed by atoms with van der Waals surface area (Å²) in [5, 5.41) is 0. The monoisotopic (exact) mass is 449 g/mol. The van der Waals surface area contributed by atoms with E-state index in [1.165, 1.54) is 24.7 Å². The van der Waals surface area contributed by atoms with Crippen molar-refractivity contribution in [3.63, 3.8) is 0 Å². The average Bonchev–Trinajstić information content (AvgIpc) is 2.72. The number of nitrogens with two attached hydrogens (primary N) is 1. The number of hydrogen-bond donors (Lipinski definition) is 1. The Balaban J connectivity index is 1.84. The van der Waals surface area contributed by atoms with Gasteiger partial charge in [-0.1, -0.05) is 0 Å². The van der Waals surface area contributed by atoms with Gasteiger partial charge in [0, 0.05) is 12.6 Å². The number of anilines is 1. The van der Waals surface area contributed by atoms with Gasteiger partial charge in [-0.3, -0.25) is 4.79 Å². The van der Waals surface area contributed by atoms with Crippen LogP contribution in [0.3, 0.4) is 0 Å². The number of carbonyl (C=O) groups excluding carboxylic acids is 2. The van der Waals surface area contributed by atoms with Crippen LogP contribution in [0.15, 0.2) is 30.7 Å². The third-order valence-electron chi connectivity index (χ3n) is 5.00. The van der Waals surface area contributed by atoms with E-state index in [9.17, 15) is 18.4 Å². The Morgan fingerprint density at radius 2 is 2.03 bits per heavy atom. The number of ether oxygens (including phenoxy) is 2. The van der Waals surface area contributed by atoms with Gasteiger partial charge in [0.15, 0.2) is 17.2 Å². The molecular formula is C21H25F2N5O4. The zero-order chi connectivity index (χ0) is 23.5. The fourth-order valence-corrected chi connectivity index (χ4v) is 3.47. The minimum atomic E-state index is -1.77. The topological polar surface area (TPSA) is 111 Å². The number of hydrogen-bond acceptors (Lipinski definition) is 7. The number of benzene rings is 1. The minimum Gasteiger partial charge on any atom is -0.451 e. The highest BCUT2D eigenvalue weighted by molar-refractivity contribution is 5.97. The van der Waals surface area contributed by atoms with Gasteiger partial charge in [-0.15, -0.1) is 0 Å². The van der Waals surface area contributed by atoms with Crippen LogP contribution in [0.1, 0.15) is 31.1 Å². The summed E-state index contributed by atoms with van der Waals surface area (Å²) in [6, 6.07) is 3.55. The molecule has 172 valence electrons. The van der Waals surface area contributed by atoms with Gasteiger partial charge in [-0.05, 0) is 39.0 Å². The first-order chi connectivity index (χ1) is 15.1. The summed E-state index contributed by atoms with van der Waals surface area (Å²) >= 11 is 0. The fraction of sp³-hybridized carbons (Fsp3) is 0.429. The first-order valence-corrected chi connectivity index (χ1v) is 10.1. The molecule has 2 aromatic rings. The molecule has 3 rings (SSSR count). The van der Waals surface area contributed by atoms with Crippen LogP contribution in [-0.4, -0.2) is 64.8 Å². The maximum absolute atomic E-state index is 14.6. The molecule has 9 nitrogen and oxygen atoms in total. The largest absolute Gasteiger partial charge is 0.451 e. The zero-order valence-corrected chi connectivity index (χ0v) is 18.0. The smallest absolute Gasteiger partial charge is 0.404 e. The van der Waals surface area contributed by atoms with Gasteiger partial charge in [-0.25, -0.2) is 23.5 Å². The molecule has 2 amide bonds. The SMILES string of the molecule is CCN(C(=O)c1cc(F)ccc1Oc1cncnc1N1CC(F)(COC(N)=O)C1)C(C)C. The molecule has 11 heteroatoms. The first-order valence-electron chi connectivity index (χ1n) is 10.1. The molecule has 0 atom stereocenters. The van der Waals surface area contributed by atoms with Crippen molar-refractivity contribution in [3.05, 3.63) is 42.1 Å². The molecule has 1 aromatic heterocycles. The second kappa shape index (κ2) is 9.33. The Bertz CT molecular complexity index is 998. The van der Waals surface area contributed by atoms with Crippen molar-refractivity contribution in [2.75, 3.05) is 31.1 Å². The third-order valence-corrected chi connectivity index (χ3v) is 5.00. The number of alkyl halides is 1. The van der Waals surface area contributed by atoms with E-state index in [0.29, 0.717) is 6.54 Å². The highest BCUT2D eigenvalue weighted by Gasteiger charge is 2.46. The van der Waals surface area contributed by atoms with E-state index in [2.05, 4.69) is 14.7 Å². The molecule has 2 N–H and O–H groups in total. The molecule has 1 saturated heterocycles. The lowest BCUT2D eigenvalue weighted by Crippen LogP contribution is -2.62. The van der Waals surface area contributed by atoms with E-state index in [4.69, 9.17) is 10.5 Å². The Morgan fingerprint density at radius 3 is 2.66 bits per heavy atom. The Labute approximate surface area is 184 Å². The van der Waals surface area contributed by atoms with E-state index < -0.39 is 24.2 Å². The van der Waals surface area contributed by atoms with Gasteiger partial charge >= 0.3 is 6.09 Å². The number of aromatic nitrogens is 2. The number of nitrogens with zero attached hydrogens (tertiary/aromatic N) is 4. The Morgan fingerprint density at radius 1 is 1.31 bits per heavy atom. The van der Waals surface area contributed by atoms with Crippen molar-refractivity contribution < 1.29 is 27.8 Å². The highest BCUT2D eigenvalue weighted by Crippen LogP contribution is 2.37. The van der Waals surface area contributed by atoms with E-state index in [1.54, 1.807) is 9.80 Å². The molecule has 0 radical (unpaired) electrons. The number of carbonyl (C=O) groups is 2. The molecule has 2 heterocycles. The highest BCUT2D eigenvalue weighted by atomic mass is 19.1. The van der Waals surface area contributed by atoms with Crippen LogP contribution >= 0.6 is 0 Å². The molecular weight excluding hydrogens is 424 g/mol. The normalized spacial score (nSPS) is 14.6. The van der Waals surface area contributed by atoms with Crippen molar-refractivity contribution in [1.82, 2.24) is 14.9 Å². The van der Waals surface area contributed by atoms with E-state index in [0.717, 1.165) is 6.07 Å². The zero-order valence-electron chi connectivity index (χ0n) is 18.0. The van der Waals surface area contributed by atoms with Gasteiger partial charge in [0.05, 0.1) is 24.8 Å². The molecule has 0 bridgehead atoms. The van der Waals surface area contributed by atoms with Crippen molar-refractivity contribution >= 4 is 17.8 Å². The van der Waals surface area contributed by atoms with Gasteiger partial charge in [-0.2, -0.15) is 0 Å². The second-order valence-electron chi connectivity index (χ2n) is 7.75. The first kappa shape index (κ1) is 23.2. The molecule has 0 spiro atoms. The van der Waals surface area contributed by atoms with Crippen molar-refractivity contribution in [1.29, 1.82) is 0 Å². The quantitative estimate of drug-likeness (QED) is 0.660. The van der Waals surface area contributed by atoms with Crippen LogP contribution in [0.25, 0.3) is 0 Å². The molecule has 0 aliphatic carbocycles. The number of amides is 2. The second-order valence-corrected chi connectivity index (χ2v) is 7.75. The predicted molar refractivity (Wildman–Crippen MR) is 112 cm³/mol. The van der Waals surface area contributed by atoms with Gasteiger partial charge in [0.1, 0.15) is 24.5 Å². The summed E-state index contributed by atoms with van der Waals surface area (Å²) in [7, 11) is 0. The summed E-state index contributed by atoms with van der Waals surface area (Å²) in [5.74, 6) is -0.393. The number of halogens is 2. The Hall–Kier alpha value is -3.50. The van der Waals surface area contributed by atoms with E-state index in [1.807, 2.05) is 20.8 Å². The van der Waals surface area contributed by atoms with Gasteiger partial charge < -0.3 is 25.0 Å². The molecule has 32 heavy (non-hydrogen) atoms. The maximum Gasteiger partial charge on any atom is 0.404 e. The summed E-state index contributed by atoms with van der Waals surface area (Å²) in [6.45, 7) is 5.29. The summed E-state index contributed by atoms with van der Waals surface area (Å²) in [4.78, 5) is 35.0. The van der Waals surface area contributed by atoms with Crippen molar-refractivity contribution in [3.8, 4) is 11.5 Å². The molecule has 1 aliphatic heterocycles. The lowest BCUT2D eigenvalue weighted by molar-refractivity contribution is 0.0309. The van der Waals surface area contributed by atoms with Crippen LogP contribution < -0.4 is 15.4 Å². The Kier molecular flexibility index (Phi) is 6.75. The van der Waals surface area contributed by atoms with Crippen LogP contribution in [0, 0.1) is 5.82 Å². The van der Waals surface area contributed by atoms with Crippen molar-refractivity contribution in [2.45, 2.75) is 32.5 Å².